The van der Waals surface area contributed by atoms with Crippen LogP contribution >= 0.6 is 0 Å². The Bertz CT molecular complexity index is 118. The van der Waals surface area contributed by atoms with Gasteiger partial charge in [0, 0.05) is 0 Å². The summed E-state index contributed by atoms with van der Waals surface area (Å²) >= 11 is 1.76. The summed E-state index contributed by atoms with van der Waals surface area (Å²) < 4.78 is 17.1. The van der Waals surface area contributed by atoms with Gasteiger partial charge in [0.25, 0.3) is 0 Å². The fourth-order valence-electron chi connectivity index (χ4n) is 1.32. The maximum absolute atomic E-state index is 5.71. The van der Waals surface area contributed by atoms with Crippen LogP contribution in [0, 0.1) is 0 Å². The van der Waals surface area contributed by atoms with Crippen molar-refractivity contribution in [2.45, 2.75) is 38.4 Å². The maximum atomic E-state index is 5.71. The Kier molecular flexibility index (Phi) is 9.34. The van der Waals surface area contributed by atoms with E-state index in [1.54, 1.807) is 16.9 Å². The van der Waals surface area contributed by atoms with Crippen molar-refractivity contribution in [1.82, 2.24) is 0 Å². The second kappa shape index (κ2) is 8.92. The average molecular weight is 282 g/mol. The van der Waals surface area contributed by atoms with E-state index in [1.807, 2.05) is 20.8 Å². The van der Waals surface area contributed by atoms with Gasteiger partial charge in [0.2, 0.25) is 0 Å². The van der Waals surface area contributed by atoms with E-state index in [4.69, 9.17) is 13.3 Å². The molecule has 1 unspecified atom stereocenters. The zero-order valence-corrected chi connectivity index (χ0v) is 13.0. The molecule has 0 bridgehead atoms. The van der Waals surface area contributed by atoms with Crippen molar-refractivity contribution in [2.75, 3.05) is 19.8 Å². The Morgan fingerprint density at radius 3 is 1.64 bits per heavy atom. The minimum absolute atomic E-state index is 0.682. The van der Waals surface area contributed by atoms with Gasteiger partial charge in [0.05, 0.1) is 0 Å². The first-order valence-corrected chi connectivity index (χ1v) is 9.01. The third-order valence-corrected chi connectivity index (χ3v) is 5.79. The molecule has 0 radical (unpaired) electrons. The zero-order valence-electron chi connectivity index (χ0n) is 9.54. The summed E-state index contributed by atoms with van der Waals surface area (Å²) in [5, 5.41) is 1.22. The molecule has 0 aliphatic carbocycles. The Morgan fingerprint density at radius 1 is 0.929 bits per heavy atom. The molecule has 0 aromatic carbocycles. The molecule has 3 nitrogen and oxygen atoms in total. The van der Waals surface area contributed by atoms with Crippen molar-refractivity contribution < 1.29 is 13.3 Å². The summed E-state index contributed by atoms with van der Waals surface area (Å²) in [7, 11) is -2.31. The first kappa shape index (κ1) is 14.7. The molecule has 0 aromatic rings. The van der Waals surface area contributed by atoms with Gasteiger partial charge in [0.15, 0.2) is 0 Å². The van der Waals surface area contributed by atoms with Gasteiger partial charge >= 0.3 is 97.2 Å². The molecule has 0 saturated carbocycles. The molecular formula is C9H23AsO3Si. The molecule has 86 valence electrons. The Hall–Kier alpha value is 0.655. The van der Waals surface area contributed by atoms with E-state index in [2.05, 4.69) is 0 Å². The third kappa shape index (κ3) is 5.52. The van der Waals surface area contributed by atoms with Crippen LogP contribution in [0.3, 0.4) is 0 Å². The molecular weight excluding hydrogens is 259 g/mol. The van der Waals surface area contributed by atoms with Crippen LogP contribution in [0.5, 0.6) is 0 Å². The Morgan fingerprint density at radius 2 is 1.36 bits per heavy atom. The standard InChI is InChI=1S/C9H23AsO3Si/c1-4-11-14(12-5-2,13-6-3)9-7-8-10/h4-10H2,1-3H3. The van der Waals surface area contributed by atoms with E-state index in [-0.39, 0.29) is 0 Å². The van der Waals surface area contributed by atoms with Gasteiger partial charge < -0.3 is 0 Å². The molecule has 0 amide bonds. The van der Waals surface area contributed by atoms with Gasteiger partial charge in [-0.15, -0.1) is 0 Å². The van der Waals surface area contributed by atoms with Crippen LogP contribution in [0.1, 0.15) is 27.2 Å². The Balaban J connectivity index is 4.21. The molecule has 0 aliphatic rings. The number of hydrogen-bond acceptors (Lipinski definition) is 3. The molecule has 0 spiro atoms. The van der Waals surface area contributed by atoms with Gasteiger partial charge in [0.1, 0.15) is 0 Å². The van der Waals surface area contributed by atoms with Crippen LogP contribution in [0.15, 0.2) is 0 Å². The fourth-order valence-corrected chi connectivity index (χ4v) is 5.24. The molecule has 0 heterocycles. The average Bonchev–Trinajstić information content (AvgIpc) is 2.16. The van der Waals surface area contributed by atoms with Gasteiger partial charge in [-0.3, -0.25) is 0 Å². The summed E-state index contributed by atoms with van der Waals surface area (Å²) in [4.78, 5) is 0. The van der Waals surface area contributed by atoms with E-state index in [0.29, 0.717) is 19.8 Å². The van der Waals surface area contributed by atoms with Crippen molar-refractivity contribution in [2.24, 2.45) is 0 Å². The summed E-state index contributed by atoms with van der Waals surface area (Å²) in [6.07, 6.45) is 1.15. The third-order valence-electron chi connectivity index (χ3n) is 1.78. The second-order valence-electron chi connectivity index (χ2n) is 2.87. The van der Waals surface area contributed by atoms with Gasteiger partial charge in [-0.1, -0.05) is 0 Å². The summed E-state index contributed by atoms with van der Waals surface area (Å²) in [6.45, 7) is 8.03. The molecule has 0 N–H and O–H groups in total. The number of hydrogen-bond donors (Lipinski definition) is 0. The normalized spacial score (nSPS) is 12.0. The summed E-state index contributed by atoms with van der Waals surface area (Å²) in [6, 6.07) is 0.959. The van der Waals surface area contributed by atoms with Crippen molar-refractivity contribution >= 4 is 25.7 Å². The van der Waals surface area contributed by atoms with Crippen LogP contribution < -0.4 is 0 Å². The minimum atomic E-state index is -2.31. The first-order chi connectivity index (χ1) is 6.74. The van der Waals surface area contributed by atoms with Crippen molar-refractivity contribution in [3.8, 4) is 0 Å². The van der Waals surface area contributed by atoms with Gasteiger partial charge in [-0.25, -0.2) is 0 Å². The van der Waals surface area contributed by atoms with Crippen LogP contribution in [0.2, 0.25) is 11.3 Å². The van der Waals surface area contributed by atoms with E-state index >= 15 is 0 Å². The van der Waals surface area contributed by atoms with E-state index in [9.17, 15) is 0 Å². The van der Waals surface area contributed by atoms with Crippen LogP contribution in [-0.2, 0) is 13.3 Å². The number of rotatable bonds is 9. The zero-order chi connectivity index (χ0) is 10.9. The van der Waals surface area contributed by atoms with Crippen molar-refractivity contribution in [1.29, 1.82) is 0 Å². The van der Waals surface area contributed by atoms with E-state index in [1.165, 1.54) is 5.21 Å². The predicted octanol–water partition coefficient (Wildman–Crippen LogP) is 1.48. The predicted molar refractivity (Wildman–Crippen MR) is 63.4 cm³/mol. The molecule has 0 saturated heterocycles. The van der Waals surface area contributed by atoms with Crippen LogP contribution in [0.25, 0.3) is 0 Å². The first-order valence-electron chi connectivity index (χ1n) is 5.36. The quantitative estimate of drug-likeness (QED) is 0.600. The van der Waals surface area contributed by atoms with Crippen LogP contribution in [0.4, 0.5) is 0 Å². The molecule has 1 atom stereocenters. The van der Waals surface area contributed by atoms with Gasteiger partial charge in [-0.2, -0.15) is 0 Å². The fraction of sp³-hybridized carbons (Fsp3) is 1.00. The molecule has 14 heavy (non-hydrogen) atoms. The second-order valence-corrected chi connectivity index (χ2v) is 6.82. The molecule has 5 heteroatoms. The molecule has 0 fully saturated rings. The molecule has 0 aromatic heterocycles. The molecule has 0 rings (SSSR count). The van der Waals surface area contributed by atoms with E-state index in [0.717, 1.165) is 12.5 Å². The SMILES string of the molecule is CCO[Si](CCC[AsH2])(OCC)OCC. The van der Waals surface area contributed by atoms with Gasteiger partial charge in [-0.05, 0) is 0 Å². The summed E-state index contributed by atoms with van der Waals surface area (Å²) in [5.74, 6) is 0. The topological polar surface area (TPSA) is 27.7 Å². The molecule has 0 aliphatic heterocycles. The summed E-state index contributed by atoms with van der Waals surface area (Å²) in [5.41, 5.74) is 0. The van der Waals surface area contributed by atoms with Crippen LogP contribution in [-0.4, -0.2) is 45.5 Å². The monoisotopic (exact) mass is 282 g/mol. The van der Waals surface area contributed by atoms with E-state index < -0.39 is 8.80 Å². The van der Waals surface area contributed by atoms with Crippen molar-refractivity contribution in [3.63, 3.8) is 0 Å². The Labute approximate surface area is 97.4 Å². The van der Waals surface area contributed by atoms with Crippen molar-refractivity contribution in [3.05, 3.63) is 0 Å².